The molecule has 1 amide bonds. The number of ether oxygens (including phenoxy) is 3. The molecule has 0 spiro atoms. The molecule has 2 aliphatic rings. The van der Waals surface area contributed by atoms with Gasteiger partial charge < -0.3 is 24.4 Å². The lowest BCUT2D eigenvalue weighted by Gasteiger charge is -2.31. The fourth-order valence-electron chi connectivity index (χ4n) is 3.73. The van der Waals surface area contributed by atoms with Gasteiger partial charge in [-0.05, 0) is 49.2 Å². The summed E-state index contributed by atoms with van der Waals surface area (Å²) >= 11 is 0. The molecular weight excluding hydrogens is 415 g/mol. The van der Waals surface area contributed by atoms with Crippen molar-refractivity contribution in [2.45, 2.75) is 12.8 Å². The summed E-state index contributed by atoms with van der Waals surface area (Å²) in [5.74, 6) is 2.29. The summed E-state index contributed by atoms with van der Waals surface area (Å²) in [5.41, 5.74) is 0.690. The van der Waals surface area contributed by atoms with Crippen molar-refractivity contribution in [3.8, 4) is 23.1 Å². The minimum Gasteiger partial charge on any atom is -0.454 e. The summed E-state index contributed by atoms with van der Waals surface area (Å²) in [7, 11) is 0. The number of hydrogen-bond donors (Lipinski definition) is 1. The van der Waals surface area contributed by atoms with E-state index in [0.29, 0.717) is 60.7 Å². The van der Waals surface area contributed by atoms with Crippen LogP contribution in [0.2, 0.25) is 0 Å². The van der Waals surface area contributed by atoms with Crippen molar-refractivity contribution in [3.63, 3.8) is 0 Å². The van der Waals surface area contributed by atoms with Gasteiger partial charge in [-0.2, -0.15) is 4.98 Å². The number of anilines is 2. The summed E-state index contributed by atoms with van der Waals surface area (Å²) in [6, 6.07) is 12.8. The van der Waals surface area contributed by atoms with Gasteiger partial charge in [-0.1, -0.05) is 0 Å². The molecule has 1 N–H and O–H groups in total. The zero-order chi connectivity index (χ0) is 21.9. The van der Waals surface area contributed by atoms with E-state index in [1.165, 1.54) is 12.1 Å². The molecule has 1 saturated heterocycles. The van der Waals surface area contributed by atoms with Gasteiger partial charge in [0.05, 0.1) is 0 Å². The highest BCUT2D eigenvalue weighted by Crippen LogP contribution is 2.34. The lowest BCUT2D eigenvalue weighted by Crippen LogP contribution is -2.39. The average Bonchev–Trinajstić information content (AvgIpc) is 3.29. The average molecular weight is 436 g/mol. The molecule has 0 bridgehead atoms. The number of nitrogens with one attached hydrogen (secondary N) is 1. The van der Waals surface area contributed by atoms with E-state index >= 15 is 0 Å². The van der Waals surface area contributed by atoms with Gasteiger partial charge in [0.15, 0.2) is 11.5 Å². The highest BCUT2D eigenvalue weighted by molar-refractivity contribution is 5.93. The second-order valence-corrected chi connectivity index (χ2v) is 7.57. The molecule has 3 heterocycles. The summed E-state index contributed by atoms with van der Waals surface area (Å²) < 4.78 is 29.4. The van der Waals surface area contributed by atoms with E-state index in [2.05, 4.69) is 15.3 Å². The number of piperidine rings is 1. The van der Waals surface area contributed by atoms with Gasteiger partial charge in [0.1, 0.15) is 11.6 Å². The van der Waals surface area contributed by atoms with Crippen molar-refractivity contribution < 1.29 is 23.4 Å². The number of benzene rings is 2. The lowest BCUT2D eigenvalue weighted by molar-refractivity contribution is -0.120. The van der Waals surface area contributed by atoms with Crippen molar-refractivity contribution in [1.82, 2.24) is 9.97 Å². The Kier molecular flexibility index (Phi) is 5.45. The molecule has 0 saturated carbocycles. The fraction of sp³-hybridized carbons (Fsp3) is 0.261. The molecule has 0 radical (unpaired) electrons. The maximum atomic E-state index is 13.1. The van der Waals surface area contributed by atoms with Crippen LogP contribution in [0.5, 0.6) is 23.1 Å². The van der Waals surface area contributed by atoms with Crippen LogP contribution in [0.15, 0.2) is 54.7 Å². The van der Waals surface area contributed by atoms with E-state index in [0.717, 1.165) is 0 Å². The maximum Gasteiger partial charge on any atom is 0.231 e. The standard InChI is InChI=1S/C23H21FN4O4/c24-16-1-4-18(5-2-16)32-21-7-10-25-23(27-21)28-11-8-15(9-12-28)22(29)26-17-3-6-19-20(13-17)31-14-30-19/h1-7,10,13,15H,8-9,11-12,14H2,(H,26,29). The Hall–Kier alpha value is -3.88. The van der Waals surface area contributed by atoms with Crippen molar-refractivity contribution in [3.05, 3.63) is 60.5 Å². The number of nitrogens with zero attached hydrogens (tertiary/aromatic N) is 3. The Balaban J connectivity index is 1.17. The number of halogens is 1. The predicted octanol–water partition coefficient (Wildman–Crippen LogP) is 3.99. The lowest BCUT2D eigenvalue weighted by atomic mass is 9.96. The van der Waals surface area contributed by atoms with Crippen LogP contribution in [0.4, 0.5) is 16.0 Å². The summed E-state index contributed by atoms with van der Waals surface area (Å²) in [5, 5.41) is 2.97. The van der Waals surface area contributed by atoms with E-state index in [-0.39, 0.29) is 24.4 Å². The van der Waals surface area contributed by atoms with Gasteiger partial charge in [0, 0.05) is 43.0 Å². The Labute approximate surface area is 184 Å². The van der Waals surface area contributed by atoms with Crippen LogP contribution in [-0.2, 0) is 4.79 Å². The second kappa shape index (κ2) is 8.70. The van der Waals surface area contributed by atoms with Gasteiger partial charge in [0.2, 0.25) is 24.5 Å². The van der Waals surface area contributed by atoms with E-state index in [1.54, 1.807) is 42.6 Å². The molecule has 164 valence electrons. The largest absolute Gasteiger partial charge is 0.454 e. The van der Waals surface area contributed by atoms with E-state index in [1.807, 2.05) is 4.90 Å². The van der Waals surface area contributed by atoms with Gasteiger partial charge in [-0.3, -0.25) is 4.79 Å². The van der Waals surface area contributed by atoms with Crippen LogP contribution in [0.1, 0.15) is 12.8 Å². The van der Waals surface area contributed by atoms with E-state index in [9.17, 15) is 9.18 Å². The zero-order valence-corrected chi connectivity index (χ0v) is 17.2. The number of carbonyl (C=O) groups is 1. The Morgan fingerprint density at radius 3 is 2.66 bits per heavy atom. The maximum absolute atomic E-state index is 13.1. The molecule has 32 heavy (non-hydrogen) atoms. The SMILES string of the molecule is O=C(Nc1ccc2c(c1)OCO2)C1CCN(c2nccc(Oc3ccc(F)cc3)n2)CC1. The van der Waals surface area contributed by atoms with Crippen molar-refractivity contribution in [2.75, 3.05) is 30.1 Å². The van der Waals surface area contributed by atoms with Gasteiger partial charge in [0.25, 0.3) is 0 Å². The van der Waals surface area contributed by atoms with Crippen LogP contribution in [0.3, 0.4) is 0 Å². The number of carbonyl (C=O) groups excluding carboxylic acids is 1. The van der Waals surface area contributed by atoms with Crippen LogP contribution < -0.4 is 24.4 Å². The van der Waals surface area contributed by atoms with Gasteiger partial charge in [-0.25, -0.2) is 9.37 Å². The Morgan fingerprint density at radius 2 is 1.84 bits per heavy atom. The smallest absolute Gasteiger partial charge is 0.231 e. The first-order chi connectivity index (χ1) is 15.6. The molecule has 1 fully saturated rings. The van der Waals surface area contributed by atoms with E-state index in [4.69, 9.17) is 14.2 Å². The first kappa shape index (κ1) is 20.0. The van der Waals surface area contributed by atoms with Gasteiger partial charge in [-0.15, -0.1) is 0 Å². The van der Waals surface area contributed by atoms with Crippen LogP contribution in [0, 0.1) is 11.7 Å². The number of hydrogen-bond acceptors (Lipinski definition) is 7. The van der Waals surface area contributed by atoms with Crippen LogP contribution in [-0.4, -0.2) is 35.8 Å². The molecule has 2 aliphatic heterocycles. The molecule has 0 aliphatic carbocycles. The predicted molar refractivity (Wildman–Crippen MR) is 115 cm³/mol. The van der Waals surface area contributed by atoms with E-state index < -0.39 is 0 Å². The van der Waals surface area contributed by atoms with Crippen molar-refractivity contribution in [1.29, 1.82) is 0 Å². The minimum absolute atomic E-state index is 0.0159. The highest BCUT2D eigenvalue weighted by atomic mass is 19.1. The molecule has 3 aromatic rings. The number of amides is 1. The topological polar surface area (TPSA) is 85.8 Å². The Bertz CT molecular complexity index is 1120. The molecular formula is C23H21FN4O4. The number of aromatic nitrogens is 2. The van der Waals surface area contributed by atoms with Crippen molar-refractivity contribution >= 4 is 17.5 Å². The third-order valence-corrected chi connectivity index (χ3v) is 5.44. The monoisotopic (exact) mass is 436 g/mol. The van der Waals surface area contributed by atoms with Gasteiger partial charge >= 0.3 is 0 Å². The molecule has 5 rings (SSSR count). The molecule has 2 aromatic carbocycles. The van der Waals surface area contributed by atoms with Crippen molar-refractivity contribution in [2.24, 2.45) is 5.92 Å². The number of fused-ring (bicyclic) bond motifs is 1. The zero-order valence-electron chi connectivity index (χ0n) is 17.2. The quantitative estimate of drug-likeness (QED) is 0.647. The van der Waals surface area contributed by atoms with Crippen LogP contribution >= 0.6 is 0 Å². The Morgan fingerprint density at radius 1 is 1.06 bits per heavy atom. The third-order valence-electron chi connectivity index (χ3n) is 5.44. The summed E-state index contributed by atoms with van der Waals surface area (Å²) in [6.45, 7) is 1.50. The second-order valence-electron chi connectivity index (χ2n) is 7.57. The summed E-state index contributed by atoms with van der Waals surface area (Å²) in [4.78, 5) is 23.5. The minimum atomic E-state index is -0.328. The fourth-order valence-corrected chi connectivity index (χ4v) is 3.73. The summed E-state index contributed by atoms with van der Waals surface area (Å²) in [6.07, 6.45) is 2.99. The first-order valence-corrected chi connectivity index (χ1v) is 10.4. The normalized spacial score (nSPS) is 15.5. The molecule has 1 aromatic heterocycles. The number of rotatable bonds is 5. The molecule has 0 atom stereocenters. The third kappa shape index (κ3) is 4.41. The van der Waals surface area contributed by atoms with Crippen LogP contribution in [0.25, 0.3) is 0 Å². The molecule has 8 nitrogen and oxygen atoms in total. The molecule has 9 heteroatoms. The highest BCUT2D eigenvalue weighted by Gasteiger charge is 2.27. The molecule has 0 unspecified atom stereocenters. The first-order valence-electron chi connectivity index (χ1n) is 10.4.